The lowest BCUT2D eigenvalue weighted by atomic mass is 10.2. The van der Waals surface area contributed by atoms with E-state index in [0.717, 1.165) is 13.1 Å². The van der Waals surface area contributed by atoms with Gasteiger partial charge in [0.2, 0.25) is 0 Å². The number of aliphatic hydroxyl groups excluding tert-OH is 1. The van der Waals surface area contributed by atoms with Crippen molar-refractivity contribution in [1.82, 2.24) is 9.80 Å². The minimum absolute atomic E-state index is 0.276. The molecular formula is C10H22N2O. The van der Waals surface area contributed by atoms with Gasteiger partial charge in [-0.3, -0.25) is 4.90 Å². The molecule has 0 saturated carbocycles. The maximum atomic E-state index is 8.96. The van der Waals surface area contributed by atoms with E-state index in [9.17, 15) is 0 Å². The predicted octanol–water partition coefficient (Wildman–Crippen LogP) is 0.393. The number of rotatable bonds is 4. The van der Waals surface area contributed by atoms with Gasteiger partial charge in [0.1, 0.15) is 0 Å². The summed E-state index contributed by atoms with van der Waals surface area (Å²) in [6.45, 7) is 7.84. The zero-order valence-corrected chi connectivity index (χ0v) is 9.03. The summed E-state index contributed by atoms with van der Waals surface area (Å²) in [6.07, 6.45) is 1.24. The molecule has 0 aromatic rings. The smallest absolute Gasteiger partial charge is 0.0558 e. The summed E-state index contributed by atoms with van der Waals surface area (Å²) >= 11 is 0. The number of aliphatic hydroxyl groups is 1. The number of hydrogen-bond acceptors (Lipinski definition) is 3. The minimum atomic E-state index is 0.276. The fourth-order valence-corrected chi connectivity index (χ4v) is 2.16. The molecule has 13 heavy (non-hydrogen) atoms. The lowest BCUT2D eigenvalue weighted by molar-refractivity contribution is 0.121. The summed E-state index contributed by atoms with van der Waals surface area (Å²) in [5, 5.41) is 8.96. The molecule has 1 N–H and O–H groups in total. The van der Waals surface area contributed by atoms with Gasteiger partial charge in [-0.2, -0.15) is 0 Å². The average Bonchev–Trinajstić information content (AvgIpc) is 2.46. The number of likely N-dealkylation sites (N-methyl/N-ethyl adjacent to an activating group) is 1. The van der Waals surface area contributed by atoms with Crippen LogP contribution in [0.5, 0.6) is 0 Å². The zero-order chi connectivity index (χ0) is 9.84. The predicted molar refractivity (Wildman–Crippen MR) is 54.8 cm³/mol. The molecule has 1 rings (SSSR count). The van der Waals surface area contributed by atoms with Gasteiger partial charge in [0, 0.05) is 25.2 Å². The summed E-state index contributed by atoms with van der Waals surface area (Å²) in [5.74, 6) is 0. The normalized spacial score (nSPS) is 24.9. The molecule has 1 heterocycles. The van der Waals surface area contributed by atoms with E-state index in [1.165, 1.54) is 13.0 Å². The molecule has 0 spiro atoms. The second-order valence-electron chi connectivity index (χ2n) is 4.26. The first-order valence-electron chi connectivity index (χ1n) is 5.20. The highest BCUT2D eigenvalue weighted by atomic mass is 16.3. The topological polar surface area (TPSA) is 26.7 Å². The first-order valence-corrected chi connectivity index (χ1v) is 5.20. The Balaban J connectivity index is 2.44. The maximum absolute atomic E-state index is 8.96. The first-order chi connectivity index (χ1) is 6.15. The monoisotopic (exact) mass is 186 g/mol. The Morgan fingerprint density at radius 2 is 2.23 bits per heavy atom. The largest absolute Gasteiger partial charge is 0.395 e. The molecule has 1 atom stereocenters. The van der Waals surface area contributed by atoms with Crippen LogP contribution < -0.4 is 0 Å². The van der Waals surface area contributed by atoms with Crippen LogP contribution in [0, 0.1) is 0 Å². The molecule has 1 saturated heterocycles. The first kappa shape index (κ1) is 11.0. The highest BCUT2D eigenvalue weighted by Gasteiger charge is 2.26. The number of hydrogen-bond donors (Lipinski definition) is 1. The van der Waals surface area contributed by atoms with Crippen molar-refractivity contribution in [1.29, 1.82) is 0 Å². The molecule has 0 radical (unpaired) electrons. The van der Waals surface area contributed by atoms with Crippen molar-refractivity contribution >= 4 is 0 Å². The summed E-state index contributed by atoms with van der Waals surface area (Å²) in [4.78, 5) is 4.76. The van der Waals surface area contributed by atoms with Crippen molar-refractivity contribution in [2.45, 2.75) is 32.4 Å². The highest BCUT2D eigenvalue weighted by molar-refractivity contribution is 4.83. The third kappa shape index (κ3) is 2.93. The van der Waals surface area contributed by atoms with Crippen LogP contribution in [0.2, 0.25) is 0 Å². The quantitative estimate of drug-likeness (QED) is 0.688. The Morgan fingerprint density at radius 3 is 2.62 bits per heavy atom. The zero-order valence-electron chi connectivity index (χ0n) is 9.03. The van der Waals surface area contributed by atoms with E-state index >= 15 is 0 Å². The van der Waals surface area contributed by atoms with Crippen molar-refractivity contribution in [3.63, 3.8) is 0 Å². The molecule has 0 aromatic heterocycles. The molecule has 1 aliphatic rings. The van der Waals surface area contributed by atoms with Gasteiger partial charge in [0.05, 0.1) is 6.61 Å². The SMILES string of the molecule is CC(C)N(CCO)[C@H]1CCN(C)C1. The van der Waals surface area contributed by atoms with Crippen molar-refractivity contribution in [2.24, 2.45) is 0 Å². The molecule has 0 aromatic carbocycles. The Morgan fingerprint density at radius 1 is 1.54 bits per heavy atom. The van der Waals surface area contributed by atoms with E-state index in [0.29, 0.717) is 12.1 Å². The Hall–Kier alpha value is -0.120. The maximum Gasteiger partial charge on any atom is 0.0558 e. The van der Waals surface area contributed by atoms with E-state index in [1.54, 1.807) is 0 Å². The van der Waals surface area contributed by atoms with Crippen molar-refractivity contribution in [2.75, 3.05) is 33.3 Å². The van der Waals surface area contributed by atoms with Crippen LogP contribution in [0.25, 0.3) is 0 Å². The van der Waals surface area contributed by atoms with Crippen molar-refractivity contribution < 1.29 is 5.11 Å². The molecular weight excluding hydrogens is 164 g/mol. The molecule has 1 fully saturated rings. The lowest BCUT2D eigenvalue weighted by Gasteiger charge is -2.31. The van der Waals surface area contributed by atoms with Gasteiger partial charge < -0.3 is 10.0 Å². The molecule has 3 heteroatoms. The molecule has 0 amide bonds. The van der Waals surface area contributed by atoms with Gasteiger partial charge >= 0.3 is 0 Å². The number of nitrogens with zero attached hydrogens (tertiary/aromatic N) is 2. The van der Waals surface area contributed by atoms with E-state index in [-0.39, 0.29) is 6.61 Å². The fourth-order valence-electron chi connectivity index (χ4n) is 2.16. The molecule has 78 valence electrons. The lowest BCUT2D eigenvalue weighted by Crippen LogP contribution is -2.43. The van der Waals surface area contributed by atoms with Gasteiger partial charge in [-0.15, -0.1) is 0 Å². The van der Waals surface area contributed by atoms with E-state index in [4.69, 9.17) is 5.11 Å². The van der Waals surface area contributed by atoms with Crippen LogP contribution in [0.1, 0.15) is 20.3 Å². The number of likely N-dealkylation sites (tertiary alicyclic amines) is 1. The van der Waals surface area contributed by atoms with E-state index in [1.807, 2.05) is 0 Å². The summed E-state index contributed by atoms with van der Waals surface area (Å²) in [7, 11) is 2.16. The van der Waals surface area contributed by atoms with Crippen LogP contribution in [-0.2, 0) is 0 Å². The molecule has 0 bridgehead atoms. The molecule has 0 aliphatic carbocycles. The summed E-state index contributed by atoms with van der Waals surface area (Å²) < 4.78 is 0. The van der Waals surface area contributed by atoms with Crippen LogP contribution in [0.4, 0.5) is 0 Å². The Kier molecular flexibility index (Phi) is 4.16. The van der Waals surface area contributed by atoms with Gasteiger partial charge in [-0.05, 0) is 33.9 Å². The highest BCUT2D eigenvalue weighted by Crippen LogP contribution is 2.15. The van der Waals surface area contributed by atoms with Gasteiger partial charge in [-0.25, -0.2) is 0 Å². The van der Waals surface area contributed by atoms with Gasteiger partial charge in [0.25, 0.3) is 0 Å². The summed E-state index contributed by atoms with van der Waals surface area (Å²) in [6, 6.07) is 1.20. The van der Waals surface area contributed by atoms with Crippen LogP contribution in [0.15, 0.2) is 0 Å². The molecule has 1 aliphatic heterocycles. The standard InChI is InChI=1S/C10H22N2O/c1-9(2)12(6-7-13)10-4-5-11(3)8-10/h9-10,13H,4-8H2,1-3H3/t10-/m0/s1. The van der Waals surface area contributed by atoms with Crippen LogP contribution in [-0.4, -0.2) is 60.3 Å². The van der Waals surface area contributed by atoms with Crippen LogP contribution in [0.3, 0.4) is 0 Å². The van der Waals surface area contributed by atoms with Crippen molar-refractivity contribution in [3.05, 3.63) is 0 Å². The van der Waals surface area contributed by atoms with E-state index < -0.39 is 0 Å². The molecule has 0 unspecified atom stereocenters. The third-order valence-corrected chi connectivity index (χ3v) is 2.86. The second kappa shape index (κ2) is 4.94. The Bertz CT molecular complexity index is 150. The summed E-state index contributed by atoms with van der Waals surface area (Å²) in [5.41, 5.74) is 0. The van der Waals surface area contributed by atoms with Crippen LogP contribution >= 0.6 is 0 Å². The second-order valence-corrected chi connectivity index (χ2v) is 4.26. The molecule has 3 nitrogen and oxygen atoms in total. The van der Waals surface area contributed by atoms with Gasteiger partial charge in [0.15, 0.2) is 0 Å². The van der Waals surface area contributed by atoms with Crippen molar-refractivity contribution in [3.8, 4) is 0 Å². The average molecular weight is 186 g/mol. The third-order valence-electron chi connectivity index (χ3n) is 2.86. The minimum Gasteiger partial charge on any atom is -0.395 e. The Labute approximate surface area is 81.3 Å². The van der Waals surface area contributed by atoms with E-state index in [2.05, 4.69) is 30.7 Å². The van der Waals surface area contributed by atoms with Gasteiger partial charge in [-0.1, -0.05) is 0 Å². The fraction of sp³-hybridized carbons (Fsp3) is 1.00.